The monoisotopic (exact) mass is 353 g/mol. The number of sulfonamides is 1. The number of hydrogen-bond donors (Lipinski definition) is 0. The summed E-state index contributed by atoms with van der Waals surface area (Å²) in [7, 11) is -3.10. The fourth-order valence-electron chi connectivity index (χ4n) is 3.62. The molecule has 8 heteroatoms. The van der Waals surface area contributed by atoms with Crippen LogP contribution in [0.4, 0.5) is 11.6 Å². The molecule has 134 valence electrons. The van der Waals surface area contributed by atoms with Crippen LogP contribution in [0.1, 0.15) is 32.6 Å². The molecular weight excluding hydrogens is 326 g/mol. The number of piperidine rings is 1. The van der Waals surface area contributed by atoms with E-state index in [0.29, 0.717) is 32.2 Å². The first-order valence-corrected chi connectivity index (χ1v) is 10.6. The molecule has 0 aliphatic carbocycles. The van der Waals surface area contributed by atoms with E-state index in [0.717, 1.165) is 24.6 Å². The van der Waals surface area contributed by atoms with Crippen LogP contribution in [0.3, 0.4) is 0 Å². The van der Waals surface area contributed by atoms with Gasteiger partial charge in [0, 0.05) is 38.8 Å². The zero-order chi connectivity index (χ0) is 17.2. The van der Waals surface area contributed by atoms with Gasteiger partial charge in [0.1, 0.15) is 0 Å². The van der Waals surface area contributed by atoms with Gasteiger partial charge in [-0.3, -0.25) is 0 Å². The standard InChI is InChI=1S/C16H27N5O2S/c1-3-14-6-4-5-9-21(14)16-8-7-15(17-18-16)19-10-12-20(13-11-19)24(2,22)23/h7-8,14H,3-6,9-13H2,1-2H3. The largest absolute Gasteiger partial charge is 0.352 e. The Bertz CT molecular complexity index is 641. The molecule has 0 aromatic carbocycles. The molecule has 2 aliphatic heterocycles. The second-order valence-corrected chi connectivity index (χ2v) is 8.63. The molecule has 24 heavy (non-hydrogen) atoms. The van der Waals surface area contributed by atoms with Crippen LogP contribution < -0.4 is 9.80 Å². The van der Waals surface area contributed by atoms with Crippen LogP contribution in [0.25, 0.3) is 0 Å². The van der Waals surface area contributed by atoms with Crippen LogP contribution in [0.5, 0.6) is 0 Å². The van der Waals surface area contributed by atoms with E-state index in [4.69, 9.17) is 0 Å². The predicted molar refractivity (Wildman–Crippen MR) is 95.9 cm³/mol. The molecule has 3 rings (SSSR count). The van der Waals surface area contributed by atoms with E-state index in [9.17, 15) is 8.42 Å². The molecule has 0 N–H and O–H groups in total. The van der Waals surface area contributed by atoms with E-state index in [1.54, 1.807) is 0 Å². The quantitative estimate of drug-likeness (QED) is 0.813. The highest BCUT2D eigenvalue weighted by Gasteiger charge is 2.25. The third kappa shape index (κ3) is 3.80. The summed E-state index contributed by atoms with van der Waals surface area (Å²) in [6.45, 7) is 5.61. The Morgan fingerprint density at radius 1 is 1.04 bits per heavy atom. The summed E-state index contributed by atoms with van der Waals surface area (Å²) >= 11 is 0. The van der Waals surface area contributed by atoms with Crippen LogP contribution in [-0.4, -0.2) is 67.9 Å². The minimum absolute atomic E-state index is 0.506. The van der Waals surface area contributed by atoms with E-state index in [1.165, 1.54) is 29.8 Å². The first-order chi connectivity index (χ1) is 11.5. The van der Waals surface area contributed by atoms with Crippen molar-refractivity contribution in [3.05, 3.63) is 12.1 Å². The molecule has 2 fully saturated rings. The molecular formula is C16H27N5O2S. The van der Waals surface area contributed by atoms with Crippen molar-refractivity contribution in [2.24, 2.45) is 0 Å². The van der Waals surface area contributed by atoms with Crippen molar-refractivity contribution in [1.29, 1.82) is 0 Å². The Labute approximate surface area is 144 Å². The molecule has 0 radical (unpaired) electrons. The van der Waals surface area contributed by atoms with Gasteiger partial charge in [-0.1, -0.05) is 6.92 Å². The van der Waals surface area contributed by atoms with Crippen LogP contribution in [0, 0.1) is 0 Å². The Morgan fingerprint density at radius 2 is 1.71 bits per heavy atom. The highest BCUT2D eigenvalue weighted by molar-refractivity contribution is 7.88. The van der Waals surface area contributed by atoms with Crippen LogP contribution >= 0.6 is 0 Å². The minimum Gasteiger partial charge on any atom is -0.352 e. The number of rotatable bonds is 4. The SMILES string of the molecule is CCC1CCCCN1c1ccc(N2CCN(S(C)(=O)=O)CC2)nn1. The van der Waals surface area contributed by atoms with Crippen LogP contribution in [0.15, 0.2) is 12.1 Å². The molecule has 1 aromatic rings. The van der Waals surface area contributed by atoms with Gasteiger partial charge in [-0.15, -0.1) is 10.2 Å². The van der Waals surface area contributed by atoms with Crippen molar-refractivity contribution in [3.63, 3.8) is 0 Å². The minimum atomic E-state index is -3.10. The van der Waals surface area contributed by atoms with Crippen LogP contribution in [-0.2, 0) is 10.0 Å². The normalized spacial score (nSPS) is 23.5. The molecule has 7 nitrogen and oxygen atoms in total. The Balaban J connectivity index is 1.65. The second-order valence-electron chi connectivity index (χ2n) is 6.65. The number of nitrogens with zero attached hydrogens (tertiary/aromatic N) is 5. The topological polar surface area (TPSA) is 69.6 Å². The Morgan fingerprint density at radius 3 is 2.29 bits per heavy atom. The van der Waals surface area contributed by atoms with Gasteiger partial charge < -0.3 is 9.80 Å². The van der Waals surface area contributed by atoms with Crippen molar-refractivity contribution < 1.29 is 8.42 Å². The van der Waals surface area contributed by atoms with Gasteiger partial charge in [0.25, 0.3) is 0 Å². The first kappa shape index (κ1) is 17.4. The maximum Gasteiger partial charge on any atom is 0.211 e. The van der Waals surface area contributed by atoms with Gasteiger partial charge in [0.15, 0.2) is 11.6 Å². The zero-order valence-corrected chi connectivity index (χ0v) is 15.4. The number of piperazine rings is 1. The summed E-state index contributed by atoms with van der Waals surface area (Å²) < 4.78 is 24.7. The lowest BCUT2D eigenvalue weighted by Crippen LogP contribution is -2.48. The van der Waals surface area contributed by atoms with E-state index >= 15 is 0 Å². The summed E-state index contributed by atoms with van der Waals surface area (Å²) in [4.78, 5) is 4.48. The summed E-state index contributed by atoms with van der Waals surface area (Å²) in [6.07, 6.45) is 6.14. The summed E-state index contributed by atoms with van der Waals surface area (Å²) in [5, 5.41) is 8.85. The van der Waals surface area contributed by atoms with Gasteiger partial charge in [0.05, 0.1) is 6.26 Å². The number of anilines is 2. The van der Waals surface area contributed by atoms with Crippen molar-refractivity contribution in [3.8, 4) is 0 Å². The van der Waals surface area contributed by atoms with Crippen molar-refractivity contribution >= 4 is 21.7 Å². The molecule has 0 bridgehead atoms. The fourth-order valence-corrected chi connectivity index (χ4v) is 4.44. The van der Waals surface area contributed by atoms with Gasteiger partial charge in [-0.05, 0) is 37.8 Å². The fraction of sp³-hybridized carbons (Fsp3) is 0.750. The first-order valence-electron chi connectivity index (χ1n) is 8.79. The third-order valence-corrected chi connectivity index (χ3v) is 6.36. The second kappa shape index (κ2) is 7.23. The lowest BCUT2D eigenvalue weighted by molar-refractivity contribution is 0.386. The Hall–Kier alpha value is -1.41. The molecule has 0 amide bonds. The van der Waals surface area contributed by atoms with E-state index in [2.05, 4.69) is 33.0 Å². The van der Waals surface area contributed by atoms with Crippen molar-refractivity contribution in [1.82, 2.24) is 14.5 Å². The lowest BCUT2D eigenvalue weighted by atomic mass is 10.0. The molecule has 2 aliphatic rings. The maximum atomic E-state index is 11.6. The van der Waals surface area contributed by atoms with Crippen molar-refractivity contribution in [2.75, 3.05) is 48.8 Å². The molecule has 0 saturated carbocycles. The molecule has 3 heterocycles. The molecule has 1 aromatic heterocycles. The third-order valence-electron chi connectivity index (χ3n) is 5.06. The molecule has 1 unspecified atom stereocenters. The average Bonchev–Trinajstić information content (AvgIpc) is 2.61. The summed E-state index contributed by atoms with van der Waals surface area (Å²) in [5.74, 6) is 1.79. The van der Waals surface area contributed by atoms with Gasteiger partial charge in [0.2, 0.25) is 10.0 Å². The van der Waals surface area contributed by atoms with E-state index < -0.39 is 10.0 Å². The number of hydrogen-bond acceptors (Lipinski definition) is 6. The molecule has 2 saturated heterocycles. The Kier molecular flexibility index (Phi) is 5.24. The van der Waals surface area contributed by atoms with Gasteiger partial charge >= 0.3 is 0 Å². The molecule has 1 atom stereocenters. The lowest BCUT2D eigenvalue weighted by Gasteiger charge is -2.36. The maximum absolute atomic E-state index is 11.6. The van der Waals surface area contributed by atoms with E-state index in [-0.39, 0.29) is 0 Å². The van der Waals surface area contributed by atoms with Crippen molar-refractivity contribution in [2.45, 2.75) is 38.6 Å². The molecule has 0 spiro atoms. The smallest absolute Gasteiger partial charge is 0.211 e. The van der Waals surface area contributed by atoms with Gasteiger partial charge in [-0.25, -0.2) is 8.42 Å². The summed E-state index contributed by atoms with van der Waals surface area (Å²) in [5.41, 5.74) is 0. The van der Waals surface area contributed by atoms with Gasteiger partial charge in [-0.2, -0.15) is 4.31 Å². The van der Waals surface area contributed by atoms with E-state index in [1.807, 2.05) is 6.07 Å². The highest BCUT2D eigenvalue weighted by Crippen LogP contribution is 2.25. The predicted octanol–water partition coefficient (Wildman–Crippen LogP) is 1.33. The van der Waals surface area contributed by atoms with Crippen LogP contribution in [0.2, 0.25) is 0 Å². The highest BCUT2D eigenvalue weighted by atomic mass is 32.2. The average molecular weight is 353 g/mol. The number of aromatic nitrogens is 2. The summed E-state index contributed by atoms with van der Waals surface area (Å²) in [6, 6.07) is 4.64. The zero-order valence-electron chi connectivity index (χ0n) is 14.6.